The third-order valence-corrected chi connectivity index (χ3v) is 8.27. The molecular formula is C26H31N5O4S. The first-order valence-electron chi connectivity index (χ1n) is 12.2. The predicted octanol–water partition coefficient (Wildman–Crippen LogP) is 4.94. The number of pyridine rings is 1. The molecule has 0 saturated heterocycles. The highest BCUT2D eigenvalue weighted by Crippen LogP contribution is 2.36. The highest BCUT2D eigenvalue weighted by Gasteiger charge is 2.29. The third-order valence-electron chi connectivity index (χ3n) is 6.59. The van der Waals surface area contributed by atoms with Gasteiger partial charge in [0.25, 0.3) is 10.0 Å². The van der Waals surface area contributed by atoms with Crippen molar-refractivity contribution in [1.82, 2.24) is 23.8 Å². The van der Waals surface area contributed by atoms with Gasteiger partial charge in [-0.2, -0.15) is 0 Å². The molecule has 1 amide bonds. The van der Waals surface area contributed by atoms with E-state index >= 15 is 0 Å². The summed E-state index contributed by atoms with van der Waals surface area (Å²) in [4.78, 5) is 21.6. The van der Waals surface area contributed by atoms with Crippen molar-refractivity contribution in [1.29, 1.82) is 0 Å². The van der Waals surface area contributed by atoms with Gasteiger partial charge in [0, 0.05) is 23.7 Å². The number of rotatable bonds is 4. The monoisotopic (exact) mass is 509 g/mol. The van der Waals surface area contributed by atoms with E-state index in [1.807, 2.05) is 27.7 Å². The van der Waals surface area contributed by atoms with Crippen molar-refractivity contribution in [2.75, 3.05) is 0 Å². The molecule has 1 aliphatic carbocycles. The molecule has 0 unspecified atom stereocenters. The van der Waals surface area contributed by atoms with E-state index in [0.29, 0.717) is 5.65 Å². The van der Waals surface area contributed by atoms with Crippen LogP contribution < -0.4 is 5.32 Å². The van der Waals surface area contributed by atoms with Gasteiger partial charge in [-0.25, -0.2) is 27.2 Å². The Bertz CT molecular complexity index is 1530. The number of nitrogens with zero attached hydrogens (tertiary/aromatic N) is 4. The number of hydrogen-bond acceptors (Lipinski definition) is 6. The molecule has 0 atom stereocenters. The number of amides is 1. The van der Waals surface area contributed by atoms with E-state index in [0.717, 1.165) is 47.9 Å². The Kier molecular flexibility index (Phi) is 6.02. The molecule has 0 spiro atoms. The fourth-order valence-corrected chi connectivity index (χ4v) is 6.39. The highest BCUT2D eigenvalue weighted by atomic mass is 32.2. The first-order chi connectivity index (χ1) is 17.0. The van der Waals surface area contributed by atoms with E-state index < -0.39 is 15.6 Å². The summed E-state index contributed by atoms with van der Waals surface area (Å²) in [7, 11) is -3.78. The third kappa shape index (κ3) is 4.45. The molecule has 3 aromatic heterocycles. The Morgan fingerprint density at radius 2 is 1.78 bits per heavy atom. The van der Waals surface area contributed by atoms with Crippen molar-refractivity contribution < 1.29 is 17.9 Å². The van der Waals surface area contributed by atoms with Gasteiger partial charge in [-0.15, -0.1) is 0 Å². The van der Waals surface area contributed by atoms with Crippen molar-refractivity contribution >= 4 is 38.2 Å². The summed E-state index contributed by atoms with van der Waals surface area (Å²) in [5.74, 6) is 0.863. The lowest BCUT2D eigenvalue weighted by Gasteiger charge is -2.31. The molecule has 0 radical (unpaired) electrons. The van der Waals surface area contributed by atoms with E-state index in [1.54, 1.807) is 48.8 Å². The largest absolute Gasteiger partial charge is 0.444 e. The van der Waals surface area contributed by atoms with E-state index in [-0.39, 0.29) is 23.1 Å². The fourth-order valence-electron chi connectivity index (χ4n) is 5.06. The molecule has 1 saturated carbocycles. The van der Waals surface area contributed by atoms with E-state index in [4.69, 9.17) is 9.72 Å². The van der Waals surface area contributed by atoms with Crippen LogP contribution in [0.2, 0.25) is 0 Å². The van der Waals surface area contributed by atoms with Crippen LogP contribution in [-0.2, 0) is 14.8 Å². The number of fused-ring (bicyclic) bond motifs is 3. The molecule has 10 heteroatoms. The maximum atomic E-state index is 13.3. The molecule has 1 aliphatic rings. The minimum Gasteiger partial charge on any atom is -0.444 e. The number of imidazole rings is 1. The molecule has 1 aromatic carbocycles. The topological polar surface area (TPSA) is 108 Å². The number of hydrogen-bond donors (Lipinski definition) is 1. The Morgan fingerprint density at radius 3 is 2.44 bits per heavy atom. The van der Waals surface area contributed by atoms with Crippen molar-refractivity contribution in [3.05, 3.63) is 54.6 Å². The number of aryl methyl sites for hydroxylation is 1. The van der Waals surface area contributed by atoms with Crippen LogP contribution in [0.3, 0.4) is 0 Å². The molecule has 3 heterocycles. The van der Waals surface area contributed by atoms with E-state index in [2.05, 4.69) is 14.9 Å². The normalized spacial score (nSPS) is 19.0. The summed E-state index contributed by atoms with van der Waals surface area (Å²) in [6, 6.07) is 10.4. The maximum Gasteiger partial charge on any atom is 0.407 e. The standard InChI is InChI=1S/C26H31N5O4S/c1-17-28-22-16-27-24-21(14-15-30(24)36(33,34)20-8-6-5-7-9-20)23(22)31(17)19-12-10-18(11-13-19)29-25(32)35-26(2,3)4/h5-9,14-16,18-19H,10-13H2,1-4H3,(H,29,32). The molecule has 4 aromatic rings. The van der Waals surface area contributed by atoms with Gasteiger partial charge < -0.3 is 14.6 Å². The molecule has 1 N–H and O–H groups in total. The van der Waals surface area contributed by atoms with Gasteiger partial charge in [0.1, 0.15) is 16.9 Å². The van der Waals surface area contributed by atoms with Gasteiger partial charge in [0.05, 0.1) is 16.6 Å². The Labute approximate surface area is 210 Å². The second-order valence-electron chi connectivity index (χ2n) is 10.3. The number of carbonyl (C=O) groups is 1. The zero-order chi connectivity index (χ0) is 25.7. The van der Waals surface area contributed by atoms with Gasteiger partial charge >= 0.3 is 6.09 Å². The summed E-state index contributed by atoms with van der Waals surface area (Å²) in [6.07, 6.45) is 6.19. The van der Waals surface area contributed by atoms with Crippen LogP contribution >= 0.6 is 0 Å². The van der Waals surface area contributed by atoms with Crippen molar-refractivity contribution in [3.8, 4) is 0 Å². The number of carbonyl (C=O) groups excluding carboxylic acids is 1. The average Bonchev–Trinajstić information content (AvgIpc) is 3.40. The Hall–Kier alpha value is -3.40. The van der Waals surface area contributed by atoms with Crippen LogP contribution in [0.5, 0.6) is 0 Å². The van der Waals surface area contributed by atoms with Crippen LogP contribution in [0, 0.1) is 6.92 Å². The predicted molar refractivity (Wildman–Crippen MR) is 137 cm³/mol. The van der Waals surface area contributed by atoms with Crippen molar-refractivity contribution in [2.24, 2.45) is 0 Å². The van der Waals surface area contributed by atoms with Crippen LogP contribution in [-0.4, -0.2) is 44.7 Å². The van der Waals surface area contributed by atoms with Crippen LogP contribution in [0.1, 0.15) is 58.3 Å². The van der Waals surface area contributed by atoms with Gasteiger partial charge in [0.2, 0.25) is 0 Å². The SMILES string of the molecule is Cc1nc2cnc3c(ccn3S(=O)(=O)c3ccccc3)c2n1C1CCC(NC(=O)OC(C)(C)C)CC1. The minimum absolute atomic E-state index is 0.0602. The Balaban J connectivity index is 1.45. The first-order valence-corrected chi connectivity index (χ1v) is 13.6. The number of benzene rings is 1. The smallest absolute Gasteiger partial charge is 0.407 e. The van der Waals surface area contributed by atoms with Crippen molar-refractivity contribution in [3.63, 3.8) is 0 Å². The lowest BCUT2D eigenvalue weighted by atomic mass is 9.91. The van der Waals surface area contributed by atoms with Crippen molar-refractivity contribution in [2.45, 2.75) is 76.0 Å². The average molecular weight is 510 g/mol. The van der Waals surface area contributed by atoms with E-state index in [1.165, 1.54) is 3.97 Å². The maximum absolute atomic E-state index is 13.3. The second-order valence-corrected chi connectivity index (χ2v) is 12.2. The molecule has 190 valence electrons. The number of aromatic nitrogens is 4. The van der Waals surface area contributed by atoms with Crippen LogP contribution in [0.4, 0.5) is 4.79 Å². The van der Waals surface area contributed by atoms with E-state index in [9.17, 15) is 13.2 Å². The van der Waals surface area contributed by atoms with Crippen LogP contribution in [0.25, 0.3) is 22.1 Å². The fraction of sp³-hybridized carbons (Fsp3) is 0.423. The summed E-state index contributed by atoms with van der Waals surface area (Å²) in [5.41, 5.74) is 1.48. The number of nitrogens with one attached hydrogen (secondary N) is 1. The van der Waals surface area contributed by atoms with Crippen LogP contribution in [0.15, 0.2) is 53.7 Å². The zero-order valence-corrected chi connectivity index (χ0v) is 21.7. The highest BCUT2D eigenvalue weighted by molar-refractivity contribution is 7.90. The van der Waals surface area contributed by atoms with Gasteiger partial charge in [-0.05, 0) is 71.6 Å². The molecular weight excluding hydrogens is 478 g/mol. The summed E-state index contributed by atoms with van der Waals surface area (Å²) in [6.45, 7) is 7.52. The molecule has 9 nitrogen and oxygen atoms in total. The molecule has 1 fully saturated rings. The second kappa shape index (κ2) is 8.92. The number of alkyl carbamates (subject to hydrolysis) is 1. The quantitative estimate of drug-likeness (QED) is 0.417. The lowest BCUT2D eigenvalue weighted by molar-refractivity contribution is 0.0488. The molecule has 36 heavy (non-hydrogen) atoms. The summed E-state index contributed by atoms with van der Waals surface area (Å²) >= 11 is 0. The molecule has 0 bridgehead atoms. The number of ether oxygens (including phenoxy) is 1. The lowest BCUT2D eigenvalue weighted by Crippen LogP contribution is -2.41. The van der Waals surface area contributed by atoms with Gasteiger partial charge in [-0.1, -0.05) is 18.2 Å². The summed E-state index contributed by atoms with van der Waals surface area (Å²) < 4.78 is 35.5. The Morgan fingerprint density at radius 1 is 1.08 bits per heavy atom. The minimum atomic E-state index is -3.78. The first kappa shape index (κ1) is 24.3. The van der Waals surface area contributed by atoms with Gasteiger partial charge in [-0.3, -0.25) is 0 Å². The summed E-state index contributed by atoms with van der Waals surface area (Å²) in [5, 5.41) is 3.74. The van der Waals surface area contributed by atoms with Gasteiger partial charge in [0.15, 0.2) is 5.65 Å². The zero-order valence-electron chi connectivity index (χ0n) is 20.9. The molecule has 0 aliphatic heterocycles. The molecule has 5 rings (SSSR count).